The number of hydrogen-bond acceptors (Lipinski definition) is 11. The number of nitrogens with two attached hydrogens (primary N) is 1. The molecule has 4 atom stereocenters. The number of benzene rings is 1. The highest BCUT2D eigenvalue weighted by atomic mass is 16.5. The number of hydrogen-bond donors (Lipinski definition) is 6. The number of aliphatic hydroxyl groups excluding tert-OH is 2. The smallest absolute Gasteiger partial charge is 0.407 e. The minimum absolute atomic E-state index is 0.00838. The first-order valence-corrected chi connectivity index (χ1v) is 12.8. The maximum absolute atomic E-state index is 14.0. The number of carbonyl (C=O) groups is 4. The molecule has 0 heterocycles. The van der Waals surface area contributed by atoms with E-state index >= 15 is 0 Å². The highest BCUT2D eigenvalue weighted by Crippen LogP contribution is 2.54. The summed E-state index contributed by atoms with van der Waals surface area (Å²) in [6.07, 6.45) is -0.563. The van der Waals surface area contributed by atoms with Gasteiger partial charge in [0.2, 0.25) is 5.78 Å². The van der Waals surface area contributed by atoms with E-state index < -0.39 is 64.1 Å². The number of nitrogens with one attached hydrogen (secondary N) is 1. The van der Waals surface area contributed by atoms with Gasteiger partial charge in [-0.3, -0.25) is 19.3 Å². The molecule has 0 aliphatic heterocycles. The second-order valence-electron chi connectivity index (χ2n) is 10.7. The number of phenolic OH excluding ortho intramolecular Hbond substituents is 1. The summed E-state index contributed by atoms with van der Waals surface area (Å²) >= 11 is 0. The Kier molecular flexibility index (Phi) is 7.32. The summed E-state index contributed by atoms with van der Waals surface area (Å²) < 4.78 is 4.87. The molecule has 3 aliphatic carbocycles. The van der Waals surface area contributed by atoms with Gasteiger partial charge in [0, 0.05) is 43.4 Å². The van der Waals surface area contributed by atoms with E-state index in [9.17, 15) is 39.6 Å². The van der Waals surface area contributed by atoms with Crippen LogP contribution in [0.2, 0.25) is 0 Å². The summed E-state index contributed by atoms with van der Waals surface area (Å²) in [4.78, 5) is 54.4. The number of ketones is 2. The molecule has 2 amide bonds. The van der Waals surface area contributed by atoms with Crippen LogP contribution >= 0.6 is 0 Å². The Bertz CT molecular complexity index is 1380. The predicted molar refractivity (Wildman–Crippen MR) is 142 cm³/mol. The second kappa shape index (κ2) is 10.1. The van der Waals surface area contributed by atoms with Crippen molar-refractivity contribution in [2.75, 3.05) is 39.7 Å². The van der Waals surface area contributed by atoms with Crippen LogP contribution in [0.15, 0.2) is 23.0 Å². The van der Waals surface area contributed by atoms with Crippen molar-refractivity contribution in [2.45, 2.75) is 38.0 Å². The van der Waals surface area contributed by atoms with Gasteiger partial charge in [-0.2, -0.15) is 0 Å². The summed E-state index contributed by atoms with van der Waals surface area (Å²) in [6.45, 7) is 1.63. The van der Waals surface area contributed by atoms with Crippen LogP contribution < -0.4 is 16.0 Å². The summed E-state index contributed by atoms with van der Waals surface area (Å²) in [7, 11) is 6.60. The van der Waals surface area contributed by atoms with E-state index in [1.54, 1.807) is 46.1 Å². The van der Waals surface area contributed by atoms with Gasteiger partial charge in [-0.15, -0.1) is 0 Å². The number of alkyl carbamates (subject to hydrolysis) is 1. The molecule has 216 valence electrons. The maximum Gasteiger partial charge on any atom is 0.407 e. The van der Waals surface area contributed by atoms with Crippen LogP contribution in [0.4, 0.5) is 10.5 Å². The lowest BCUT2D eigenvalue weighted by molar-refractivity contribution is -0.153. The molecule has 4 rings (SSSR count). The number of aliphatic hydroxyl groups is 3. The Morgan fingerprint density at radius 3 is 2.38 bits per heavy atom. The third-order valence-corrected chi connectivity index (χ3v) is 7.96. The zero-order valence-corrected chi connectivity index (χ0v) is 22.9. The van der Waals surface area contributed by atoms with Crippen LogP contribution in [0.3, 0.4) is 0 Å². The zero-order valence-electron chi connectivity index (χ0n) is 22.9. The molecule has 0 bridgehead atoms. The van der Waals surface area contributed by atoms with Gasteiger partial charge in [0.25, 0.3) is 5.91 Å². The van der Waals surface area contributed by atoms with Gasteiger partial charge >= 0.3 is 6.09 Å². The van der Waals surface area contributed by atoms with Gasteiger partial charge in [-0.05, 0) is 51.4 Å². The van der Waals surface area contributed by atoms with Crippen LogP contribution in [0.1, 0.15) is 30.0 Å². The van der Waals surface area contributed by atoms with Gasteiger partial charge in [0.1, 0.15) is 22.8 Å². The number of fused-ring (bicyclic) bond motifs is 3. The molecule has 0 unspecified atom stereocenters. The first-order chi connectivity index (χ1) is 18.7. The van der Waals surface area contributed by atoms with Crippen molar-refractivity contribution in [3.05, 3.63) is 39.7 Å². The molecule has 13 heteroatoms. The van der Waals surface area contributed by atoms with Crippen molar-refractivity contribution in [3.63, 3.8) is 0 Å². The highest BCUT2D eigenvalue weighted by molar-refractivity contribution is 6.24. The number of primary amides is 1. The molecule has 1 aromatic carbocycles. The van der Waals surface area contributed by atoms with Crippen LogP contribution in [0, 0.1) is 11.8 Å². The molecule has 1 saturated carbocycles. The number of likely N-dealkylation sites (N-methyl/N-ethyl adjacent to an activating group) is 1. The lowest BCUT2D eigenvalue weighted by Gasteiger charge is -2.50. The van der Waals surface area contributed by atoms with Crippen molar-refractivity contribution in [1.82, 2.24) is 10.2 Å². The molecular weight excluding hydrogens is 524 g/mol. The van der Waals surface area contributed by atoms with E-state index in [1.165, 1.54) is 4.90 Å². The van der Waals surface area contributed by atoms with E-state index in [-0.39, 0.29) is 48.4 Å². The quantitative estimate of drug-likeness (QED) is 0.262. The van der Waals surface area contributed by atoms with Crippen molar-refractivity contribution >= 4 is 35.0 Å². The molecule has 0 aromatic heterocycles. The van der Waals surface area contributed by atoms with Crippen molar-refractivity contribution in [1.29, 1.82) is 0 Å². The van der Waals surface area contributed by atoms with Gasteiger partial charge < -0.3 is 41.1 Å². The standard InChI is InChI=1S/C27H34N4O9/c1-6-40-26(38)29-10-12-9-15(30(2)3)13-7-11-8-14-19(31(4)5)22(34)18(25(28)37)24(36)27(14,39)23(35)16(11)21(33)17(13)20(12)32/h9,11,14,19,32-33,36,39H,6-8,10H2,1-5H3,(H2,28,37)(H,29,38)/t11-,14-,19-,27-/m0/s1. The summed E-state index contributed by atoms with van der Waals surface area (Å²) in [5, 5.41) is 47.9. The molecule has 0 radical (unpaired) electrons. The van der Waals surface area contributed by atoms with Crippen molar-refractivity contribution < 1.29 is 44.3 Å². The van der Waals surface area contributed by atoms with Gasteiger partial charge in [0.05, 0.1) is 18.2 Å². The van der Waals surface area contributed by atoms with Crippen molar-refractivity contribution in [2.24, 2.45) is 17.6 Å². The third kappa shape index (κ3) is 4.16. The Balaban J connectivity index is 1.92. The van der Waals surface area contributed by atoms with Gasteiger partial charge in [-0.1, -0.05) is 0 Å². The molecule has 0 spiro atoms. The number of Topliss-reactive ketones (excluding diaryl/α,β-unsaturated/α-hetero) is 2. The minimum atomic E-state index is -2.71. The molecule has 3 aliphatic rings. The van der Waals surface area contributed by atoms with E-state index in [0.717, 1.165) is 0 Å². The maximum atomic E-state index is 14.0. The van der Waals surface area contributed by atoms with E-state index in [4.69, 9.17) is 10.5 Å². The lowest BCUT2D eigenvalue weighted by Crippen LogP contribution is -2.65. The average Bonchev–Trinajstić information content (AvgIpc) is 2.85. The molecular formula is C27H34N4O9. The van der Waals surface area contributed by atoms with Crippen LogP contribution in [-0.4, -0.2) is 95.3 Å². The molecule has 7 N–H and O–H groups in total. The SMILES string of the molecule is CCOC(=O)NCc1cc(N(C)C)c2c(c1O)C(O)=C1C(=O)[C@]3(O)C(O)=C(C(N)=O)C(=O)[C@@H](N(C)C)[C@@H]3C[C@@H]1C2. The number of aromatic hydroxyl groups is 1. The Morgan fingerprint density at radius 1 is 1.18 bits per heavy atom. The van der Waals surface area contributed by atoms with Gasteiger partial charge in [0.15, 0.2) is 11.4 Å². The fraction of sp³-hybridized carbons (Fsp3) is 0.481. The third-order valence-electron chi connectivity index (χ3n) is 7.96. The number of amides is 2. The summed E-state index contributed by atoms with van der Waals surface area (Å²) in [5.74, 6) is -7.17. The summed E-state index contributed by atoms with van der Waals surface area (Å²) in [6, 6.07) is 0.496. The number of anilines is 1. The van der Waals surface area contributed by atoms with E-state index in [2.05, 4.69) is 5.32 Å². The zero-order chi connectivity index (χ0) is 29.8. The van der Waals surface area contributed by atoms with Crippen molar-refractivity contribution in [3.8, 4) is 5.75 Å². The molecule has 1 aromatic rings. The van der Waals surface area contributed by atoms with Crippen LogP contribution in [-0.2, 0) is 32.1 Å². The largest absolute Gasteiger partial charge is 0.508 e. The Labute approximate surface area is 230 Å². The minimum Gasteiger partial charge on any atom is -0.508 e. The van der Waals surface area contributed by atoms with E-state index in [1.807, 2.05) is 0 Å². The lowest BCUT2D eigenvalue weighted by atomic mass is 9.57. The fourth-order valence-corrected chi connectivity index (χ4v) is 6.23. The van der Waals surface area contributed by atoms with Crippen LogP contribution in [0.5, 0.6) is 5.75 Å². The molecule has 1 fully saturated rings. The fourth-order valence-electron chi connectivity index (χ4n) is 6.23. The Morgan fingerprint density at radius 2 is 1.82 bits per heavy atom. The summed E-state index contributed by atoms with van der Waals surface area (Å²) in [5.41, 5.74) is 2.83. The highest BCUT2D eigenvalue weighted by Gasteiger charge is 2.64. The second-order valence-corrected chi connectivity index (χ2v) is 10.7. The number of phenols is 1. The number of carbonyl (C=O) groups excluding carboxylic acids is 4. The first kappa shape index (κ1) is 28.9. The number of nitrogens with zero attached hydrogens (tertiary/aromatic N) is 2. The topological polar surface area (TPSA) is 203 Å². The van der Waals surface area contributed by atoms with E-state index in [0.29, 0.717) is 11.3 Å². The molecule has 40 heavy (non-hydrogen) atoms. The Hall–Kier alpha value is -4.10. The predicted octanol–water partition coefficient (Wildman–Crippen LogP) is 0.276. The average molecular weight is 559 g/mol. The first-order valence-electron chi connectivity index (χ1n) is 12.8. The molecule has 0 saturated heterocycles. The molecule has 13 nitrogen and oxygen atoms in total. The number of ether oxygens (including phenoxy) is 1. The normalized spacial score (nSPS) is 25.8. The van der Waals surface area contributed by atoms with Gasteiger partial charge in [-0.25, -0.2) is 4.79 Å². The monoisotopic (exact) mass is 558 g/mol. The number of rotatable bonds is 6. The van der Waals surface area contributed by atoms with Crippen LogP contribution in [0.25, 0.3) is 5.76 Å².